The van der Waals surface area contributed by atoms with Gasteiger partial charge in [0.05, 0.1) is 31.9 Å². The SMILES string of the molecule is CCOc1cc(C(=O)N2C3CC[C@H]2COC3)ccc1C(=O)O. The van der Waals surface area contributed by atoms with Gasteiger partial charge in [-0.2, -0.15) is 0 Å². The molecule has 0 aromatic heterocycles. The molecule has 2 bridgehead atoms. The number of rotatable bonds is 4. The molecule has 2 saturated heterocycles. The molecular weight excluding hydrogens is 286 g/mol. The van der Waals surface area contributed by atoms with Gasteiger partial charge in [0.1, 0.15) is 11.3 Å². The quantitative estimate of drug-likeness (QED) is 0.917. The Bertz CT molecular complexity index is 584. The van der Waals surface area contributed by atoms with Crippen molar-refractivity contribution in [2.45, 2.75) is 31.8 Å². The fraction of sp³-hybridized carbons (Fsp3) is 0.500. The van der Waals surface area contributed by atoms with Crippen LogP contribution < -0.4 is 4.74 Å². The Labute approximate surface area is 128 Å². The highest BCUT2D eigenvalue weighted by Crippen LogP contribution is 2.31. The minimum atomic E-state index is -1.06. The average molecular weight is 305 g/mol. The molecule has 1 unspecified atom stereocenters. The van der Waals surface area contributed by atoms with E-state index in [0.29, 0.717) is 25.4 Å². The Hall–Kier alpha value is -2.08. The maximum Gasteiger partial charge on any atom is 0.339 e. The third-order valence-corrected chi connectivity index (χ3v) is 4.23. The van der Waals surface area contributed by atoms with E-state index in [0.717, 1.165) is 12.8 Å². The van der Waals surface area contributed by atoms with Gasteiger partial charge >= 0.3 is 5.97 Å². The molecule has 22 heavy (non-hydrogen) atoms. The number of carbonyl (C=O) groups is 2. The van der Waals surface area contributed by atoms with Gasteiger partial charge in [0.15, 0.2) is 0 Å². The van der Waals surface area contributed by atoms with E-state index in [1.54, 1.807) is 13.0 Å². The first-order chi connectivity index (χ1) is 10.6. The molecule has 0 saturated carbocycles. The molecule has 2 fully saturated rings. The number of carbonyl (C=O) groups excluding carboxylic acids is 1. The number of benzene rings is 1. The third kappa shape index (κ3) is 2.54. The zero-order valence-electron chi connectivity index (χ0n) is 12.4. The number of nitrogens with zero attached hydrogens (tertiary/aromatic N) is 1. The fourth-order valence-corrected chi connectivity index (χ4v) is 3.22. The summed E-state index contributed by atoms with van der Waals surface area (Å²) in [7, 11) is 0. The molecule has 6 heteroatoms. The minimum Gasteiger partial charge on any atom is -0.493 e. The van der Waals surface area contributed by atoms with Gasteiger partial charge in [0.25, 0.3) is 5.91 Å². The van der Waals surface area contributed by atoms with Crippen LogP contribution in [0.3, 0.4) is 0 Å². The number of hydrogen-bond acceptors (Lipinski definition) is 4. The number of amides is 1. The van der Waals surface area contributed by atoms with Gasteiger partial charge in [-0.3, -0.25) is 4.79 Å². The molecule has 0 aliphatic carbocycles. The van der Waals surface area contributed by atoms with E-state index < -0.39 is 5.97 Å². The lowest BCUT2D eigenvalue weighted by molar-refractivity contribution is -0.00718. The lowest BCUT2D eigenvalue weighted by Gasteiger charge is -2.34. The highest BCUT2D eigenvalue weighted by Gasteiger charge is 2.40. The summed E-state index contributed by atoms with van der Waals surface area (Å²) < 4.78 is 10.9. The lowest BCUT2D eigenvalue weighted by atomic mass is 10.1. The molecule has 0 spiro atoms. The van der Waals surface area contributed by atoms with E-state index >= 15 is 0 Å². The smallest absolute Gasteiger partial charge is 0.339 e. The maximum atomic E-state index is 12.8. The summed E-state index contributed by atoms with van der Waals surface area (Å²) in [6.45, 7) is 3.28. The number of morpholine rings is 1. The molecule has 1 aromatic rings. The topological polar surface area (TPSA) is 76.1 Å². The highest BCUT2D eigenvalue weighted by atomic mass is 16.5. The predicted molar refractivity (Wildman–Crippen MR) is 78.4 cm³/mol. The van der Waals surface area contributed by atoms with Crippen molar-refractivity contribution in [2.75, 3.05) is 19.8 Å². The van der Waals surface area contributed by atoms with Crippen LogP contribution in [0.25, 0.3) is 0 Å². The van der Waals surface area contributed by atoms with Crippen LogP contribution in [0.4, 0.5) is 0 Å². The Morgan fingerprint density at radius 1 is 1.32 bits per heavy atom. The average Bonchev–Trinajstić information content (AvgIpc) is 2.75. The lowest BCUT2D eigenvalue weighted by Crippen LogP contribution is -2.49. The Morgan fingerprint density at radius 2 is 2.00 bits per heavy atom. The van der Waals surface area contributed by atoms with Gasteiger partial charge in [0, 0.05) is 5.56 Å². The second-order valence-corrected chi connectivity index (χ2v) is 5.58. The van der Waals surface area contributed by atoms with Crippen molar-refractivity contribution in [3.05, 3.63) is 29.3 Å². The van der Waals surface area contributed by atoms with Crippen molar-refractivity contribution >= 4 is 11.9 Å². The van der Waals surface area contributed by atoms with Crippen LogP contribution in [0.1, 0.15) is 40.5 Å². The second kappa shape index (κ2) is 5.96. The van der Waals surface area contributed by atoms with Crippen molar-refractivity contribution in [2.24, 2.45) is 0 Å². The minimum absolute atomic E-state index is 0.0725. The van der Waals surface area contributed by atoms with Gasteiger partial charge in [-0.15, -0.1) is 0 Å². The van der Waals surface area contributed by atoms with Gasteiger partial charge in [-0.25, -0.2) is 4.79 Å². The fourth-order valence-electron chi connectivity index (χ4n) is 3.22. The summed E-state index contributed by atoms with van der Waals surface area (Å²) in [5, 5.41) is 9.17. The Kier molecular flexibility index (Phi) is 4.02. The van der Waals surface area contributed by atoms with Gasteiger partial charge < -0.3 is 19.5 Å². The molecule has 2 heterocycles. The van der Waals surface area contributed by atoms with Gasteiger partial charge in [-0.1, -0.05) is 0 Å². The van der Waals surface area contributed by atoms with Crippen LogP contribution >= 0.6 is 0 Å². The third-order valence-electron chi connectivity index (χ3n) is 4.23. The summed E-state index contributed by atoms with van der Waals surface area (Å²) >= 11 is 0. The Morgan fingerprint density at radius 3 is 2.59 bits per heavy atom. The van der Waals surface area contributed by atoms with Crippen molar-refractivity contribution in [3.63, 3.8) is 0 Å². The van der Waals surface area contributed by atoms with Crippen molar-refractivity contribution in [3.8, 4) is 5.75 Å². The number of fused-ring (bicyclic) bond motifs is 2. The molecule has 118 valence electrons. The molecule has 2 aliphatic rings. The standard InChI is InChI=1S/C16H19NO5/c1-2-22-14-7-10(3-6-13(14)16(19)20)15(18)17-11-4-5-12(17)9-21-8-11/h3,6-7,11-12H,2,4-5,8-9H2,1H3,(H,19,20)/t11-,12?/m0/s1. The largest absolute Gasteiger partial charge is 0.493 e. The van der Waals surface area contributed by atoms with Crippen LogP contribution in [0.2, 0.25) is 0 Å². The molecule has 1 aromatic carbocycles. The zero-order chi connectivity index (χ0) is 15.7. The van der Waals surface area contributed by atoms with Crippen LogP contribution in [-0.2, 0) is 4.74 Å². The zero-order valence-corrected chi connectivity index (χ0v) is 12.4. The number of carboxylic acids is 1. The van der Waals surface area contributed by atoms with E-state index in [1.165, 1.54) is 12.1 Å². The number of aromatic carboxylic acids is 1. The van der Waals surface area contributed by atoms with E-state index in [-0.39, 0.29) is 29.3 Å². The summed E-state index contributed by atoms with van der Waals surface area (Å²) in [6.07, 6.45) is 1.92. The highest BCUT2D eigenvalue weighted by molar-refractivity contribution is 5.98. The molecule has 3 rings (SSSR count). The van der Waals surface area contributed by atoms with Crippen LogP contribution in [0.5, 0.6) is 5.75 Å². The summed E-state index contributed by atoms with van der Waals surface area (Å²) in [5.74, 6) is -0.899. The molecule has 6 nitrogen and oxygen atoms in total. The van der Waals surface area contributed by atoms with Crippen LogP contribution in [0, 0.1) is 0 Å². The Balaban J connectivity index is 1.89. The van der Waals surface area contributed by atoms with Crippen molar-refractivity contribution < 1.29 is 24.2 Å². The van der Waals surface area contributed by atoms with E-state index in [1.807, 2.05) is 4.90 Å². The van der Waals surface area contributed by atoms with Gasteiger partial charge in [0.2, 0.25) is 0 Å². The first-order valence-corrected chi connectivity index (χ1v) is 7.52. The second-order valence-electron chi connectivity index (χ2n) is 5.58. The number of ether oxygens (including phenoxy) is 2. The van der Waals surface area contributed by atoms with Crippen molar-refractivity contribution in [1.82, 2.24) is 4.90 Å². The maximum absolute atomic E-state index is 12.8. The molecular formula is C16H19NO5. The van der Waals surface area contributed by atoms with Gasteiger partial charge in [-0.05, 0) is 38.0 Å². The first-order valence-electron chi connectivity index (χ1n) is 7.52. The summed E-state index contributed by atoms with van der Waals surface area (Å²) in [6, 6.07) is 4.78. The molecule has 1 amide bonds. The predicted octanol–water partition coefficient (Wildman–Crippen LogP) is 1.79. The van der Waals surface area contributed by atoms with Crippen LogP contribution in [0.15, 0.2) is 18.2 Å². The summed E-state index contributed by atoms with van der Waals surface area (Å²) in [4.78, 5) is 25.9. The number of hydrogen-bond donors (Lipinski definition) is 1. The van der Waals surface area contributed by atoms with Crippen LogP contribution in [-0.4, -0.2) is 53.8 Å². The van der Waals surface area contributed by atoms with E-state index in [4.69, 9.17) is 9.47 Å². The first kappa shape index (κ1) is 14.8. The molecule has 2 aliphatic heterocycles. The summed E-state index contributed by atoms with van der Waals surface area (Å²) in [5.41, 5.74) is 0.538. The monoisotopic (exact) mass is 305 g/mol. The number of carboxylic acid groups (broad SMARTS) is 1. The normalized spacial score (nSPS) is 23.4. The van der Waals surface area contributed by atoms with E-state index in [9.17, 15) is 14.7 Å². The molecule has 0 radical (unpaired) electrons. The van der Waals surface area contributed by atoms with Crippen molar-refractivity contribution in [1.29, 1.82) is 0 Å². The molecule has 1 N–H and O–H groups in total. The molecule has 2 atom stereocenters. The van der Waals surface area contributed by atoms with E-state index in [2.05, 4.69) is 0 Å².